The van der Waals surface area contributed by atoms with Crippen molar-refractivity contribution in [3.8, 4) is 0 Å². The number of nitrogens with zero attached hydrogens (tertiary/aromatic N) is 3. The van der Waals surface area contributed by atoms with E-state index < -0.39 is 0 Å². The summed E-state index contributed by atoms with van der Waals surface area (Å²) in [7, 11) is 0. The van der Waals surface area contributed by atoms with Crippen LogP contribution in [-0.2, 0) is 4.79 Å². The summed E-state index contributed by atoms with van der Waals surface area (Å²) in [5.74, 6) is 0.298. The summed E-state index contributed by atoms with van der Waals surface area (Å²) in [6.07, 6.45) is 8.36. The summed E-state index contributed by atoms with van der Waals surface area (Å²) in [5.41, 5.74) is 1.19. The molecule has 1 amide bonds. The Kier molecular flexibility index (Phi) is 5.62. The van der Waals surface area contributed by atoms with E-state index in [4.69, 9.17) is 0 Å². The first-order chi connectivity index (χ1) is 11.3. The second-order valence-electron chi connectivity index (χ2n) is 6.62. The first-order valence-electron chi connectivity index (χ1n) is 8.93. The van der Waals surface area contributed by atoms with Gasteiger partial charge in [-0.1, -0.05) is 13.0 Å². The maximum atomic E-state index is 12.9. The van der Waals surface area contributed by atoms with Crippen molar-refractivity contribution in [2.75, 3.05) is 32.7 Å². The summed E-state index contributed by atoms with van der Waals surface area (Å²) < 4.78 is 0. The van der Waals surface area contributed by atoms with Crippen molar-refractivity contribution in [1.29, 1.82) is 0 Å². The number of rotatable bonds is 4. The van der Waals surface area contributed by atoms with Gasteiger partial charge in [-0.3, -0.25) is 14.7 Å². The van der Waals surface area contributed by atoms with Gasteiger partial charge in [0, 0.05) is 50.7 Å². The van der Waals surface area contributed by atoms with E-state index in [2.05, 4.69) is 33.1 Å². The summed E-state index contributed by atoms with van der Waals surface area (Å²) in [6, 6.07) is 4.77. The summed E-state index contributed by atoms with van der Waals surface area (Å²) in [6.45, 7) is 6.39. The lowest BCUT2D eigenvalue weighted by molar-refractivity contribution is -0.137. The third-order valence-electron chi connectivity index (χ3n) is 5.18. The molecule has 2 saturated heterocycles. The second-order valence-corrected chi connectivity index (χ2v) is 6.62. The van der Waals surface area contributed by atoms with Crippen molar-refractivity contribution >= 4 is 5.91 Å². The molecule has 3 heterocycles. The molecule has 0 aliphatic carbocycles. The van der Waals surface area contributed by atoms with Gasteiger partial charge in [-0.2, -0.15) is 0 Å². The third-order valence-corrected chi connectivity index (χ3v) is 5.18. The first-order valence-corrected chi connectivity index (χ1v) is 8.93. The number of aromatic nitrogens is 1. The Balaban J connectivity index is 1.68. The Labute approximate surface area is 139 Å². The highest BCUT2D eigenvalue weighted by Crippen LogP contribution is 2.23. The third kappa shape index (κ3) is 3.90. The number of hydrogen-bond acceptors (Lipinski definition) is 4. The minimum Gasteiger partial charge on any atom is -0.339 e. The molecule has 0 bridgehead atoms. The fraction of sp³-hybridized carbons (Fsp3) is 0.667. The number of carbonyl (C=O) groups excluding carboxylic acids is 1. The van der Waals surface area contributed by atoms with Crippen molar-refractivity contribution in [3.63, 3.8) is 0 Å². The van der Waals surface area contributed by atoms with Gasteiger partial charge in [0.1, 0.15) is 0 Å². The van der Waals surface area contributed by atoms with Crippen LogP contribution in [0.25, 0.3) is 0 Å². The van der Waals surface area contributed by atoms with Crippen LogP contribution in [-0.4, -0.2) is 59.5 Å². The number of piperidine rings is 1. The van der Waals surface area contributed by atoms with E-state index in [1.54, 1.807) is 6.20 Å². The minimum absolute atomic E-state index is 0.242. The molecule has 0 radical (unpaired) electrons. The molecule has 1 aromatic rings. The zero-order chi connectivity index (χ0) is 16.1. The van der Waals surface area contributed by atoms with Crippen molar-refractivity contribution in [3.05, 3.63) is 30.1 Å². The van der Waals surface area contributed by atoms with Crippen LogP contribution in [0.5, 0.6) is 0 Å². The summed E-state index contributed by atoms with van der Waals surface area (Å²) in [4.78, 5) is 21.5. The lowest BCUT2D eigenvalue weighted by atomic mass is 9.99. The Bertz CT molecular complexity index is 507. The van der Waals surface area contributed by atoms with E-state index in [-0.39, 0.29) is 6.04 Å². The quantitative estimate of drug-likeness (QED) is 0.920. The van der Waals surface area contributed by atoms with Gasteiger partial charge in [-0.05, 0) is 37.3 Å². The molecule has 126 valence electrons. The number of amides is 1. The fourth-order valence-electron chi connectivity index (χ4n) is 3.86. The molecule has 2 aliphatic heterocycles. The SMILES string of the molecule is CCC1CCCCN1C(=O)CN1CCNCC1c1cccnc1. The van der Waals surface area contributed by atoms with E-state index in [0.717, 1.165) is 45.4 Å². The van der Waals surface area contributed by atoms with Crippen molar-refractivity contribution in [2.24, 2.45) is 0 Å². The monoisotopic (exact) mass is 316 g/mol. The molecule has 1 N–H and O–H groups in total. The molecule has 23 heavy (non-hydrogen) atoms. The van der Waals surface area contributed by atoms with Crippen LogP contribution in [0.4, 0.5) is 0 Å². The predicted molar refractivity (Wildman–Crippen MR) is 91.1 cm³/mol. The highest BCUT2D eigenvalue weighted by atomic mass is 16.2. The molecule has 2 aliphatic rings. The van der Waals surface area contributed by atoms with E-state index >= 15 is 0 Å². The number of hydrogen-bond donors (Lipinski definition) is 1. The second kappa shape index (κ2) is 7.88. The van der Waals surface area contributed by atoms with Crippen molar-refractivity contribution < 1.29 is 4.79 Å². The Morgan fingerprint density at radius 3 is 3.09 bits per heavy atom. The van der Waals surface area contributed by atoms with Gasteiger partial charge in [-0.15, -0.1) is 0 Å². The van der Waals surface area contributed by atoms with Gasteiger partial charge in [0.05, 0.1) is 6.54 Å². The lowest BCUT2D eigenvalue weighted by Crippen LogP contribution is -2.52. The van der Waals surface area contributed by atoms with Gasteiger partial charge in [0.15, 0.2) is 0 Å². The topological polar surface area (TPSA) is 48.5 Å². The summed E-state index contributed by atoms with van der Waals surface area (Å²) in [5, 5.41) is 3.44. The van der Waals surface area contributed by atoms with E-state index in [1.165, 1.54) is 12.0 Å². The van der Waals surface area contributed by atoms with E-state index in [9.17, 15) is 4.79 Å². The normalized spacial score (nSPS) is 26.2. The molecule has 2 unspecified atom stereocenters. The Hall–Kier alpha value is -1.46. The number of likely N-dealkylation sites (tertiary alicyclic amines) is 1. The smallest absolute Gasteiger partial charge is 0.237 e. The fourth-order valence-corrected chi connectivity index (χ4v) is 3.86. The molecule has 2 fully saturated rings. The Morgan fingerprint density at radius 2 is 2.30 bits per heavy atom. The van der Waals surface area contributed by atoms with E-state index in [0.29, 0.717) is 18.5 Å². The Morgan fingerprint density at radius 1 is 1.39 bits per heavy atom. The zero-order valence-electron chi connectivity index (χ0n) is 14.1. The highest BCUT2D eigenvalue weighted by Gasteiger charge is 2.30. The van der Waals surface area contributed by atoms with Gasteiger partial charge >= 0.3 is 0 Å². The zero-order valence-corrected chi connectivity index (χ0v) is 14.1. The number of piperazine rings is 1. The van der Waals surface area contributed by atoms with E-state index in [1.807, 2.05) is 12.3 Å². The number of carbonyl (C=O) groups is 1. The van der Waals surface area contributed by atoms with Crippen LogP contribution in [0.15, 0.2) is 24.5 Å². The molecule has 2 atom stereocenters. The lowest BCUT2D eigenvalue weighted by Gasteiger charge is -2.40. The molecular weight excluding hydrogens is 288 g/mol. The van der Waals surface area contributed by atoms with Gasteiger partial charge < -0.3 is 10.2 Å². The first kappa shape index (κ1) is 16.4. The molecule has 0 aromatic carbocycles. The summed E-state index contributed by atoms with van der Waals surface area (Å²) >= 11 is 0. The average Bonchev–Trinajstić information content (AvgIpc) is 2.63. The van der Waals surface area contributed by atoms with Gasteiger partial charge in [0.2, 0.25) is 5.91 Å². The number of pyridine rings is 1. The van der Waals surface area contributed by atoms with Crippen molar-refractivity contribution in [1.82, 2.24) is 20.1 Å². The standard InChI is InChI=1S/C18H28N4O/c1-2-16-7-3-4-10-22(16)18(23)14-21-11-9-20-13-17(21)15-6-5-8-19-12-15/h5-6,8,12,16-17,20H,2-4,7,9-11,13-14H2,1H3. The molecule has 0 saturated carbocycles. The molecule has 0 spiro atoms. The largest absolute Gasteiger partial charge is 0.339 e. The predicted octanol–water partition coefficient (Wildman–Crippen LogP) is 1.82. The molecule has 1 aromatic heterocycles. The van der Waals surface area contributed by atoms with Crippen LogP contribution < -0.4 is 5.32 Å². The number of nitrogens with one attached hydrogen (secondary N) is 1. The molecule has 5 heteroatoms. The van der Waals surface area contributed by atoms with Crippen LogP contribution in [0.3, 0.4) is 0 Å². The molecule has 5 nitrogen and oxygen atoms in total. The van der Waals surface area contributed by atoms with Crippen LogP contribution >= 0.6 is 0 Å². The van der Waals surface area contributed by atoms with Crippen LogP contribution in [0, 0.1) is 0 Å². The molecular formula is C18H28N4O. The minimum atomic E-state index is 0.242. The van der Waals surface area contributed by atoms with Gasteiger partial charge in [-0.25, -0.2) is 0 Å². The van der Waals surface area contributed by atoms with Crippen LogP contribution in [0.2, 0.25) is 0 Å². The highest BCUT2D eigenvalue weighted by molar-refractivity contribution is 5.78. The maximum absolute atomic E-state index is 12.9. The van der Waals surface area contributed by atoms with Crippen molar-refractivity contribution in [2.45, 2.75) is 44.7 Å². The van der Waals surface area contributed by atoms with Gasteiger partial charge in [0.25, 0.3) is 0 Å². The molecule has 3 rings (SSSR count). The average molecular weight is 316 g/mol. The van der Waals surface area contributed by atoms with Crippen LogP contribution in [0.1, 0.15) is 44.2 Å². The maximum Gasteiger partial charge on any atom is 0.237 e.